The van der Waals surface area contributed by atoms with Crippen molar-refractivity contribution in [2.75, 3.05) is 14.2 Å². The van der Waals surface area contributed by atoms with Gasteiger partial charge in [0.15, 0.2) is 0 Å². The molecule has 6 heteroatoms. The number of carbonyl (C=O) groups is 2. The van der Waals surface area contributed by atoms with E-state index in [4.69, 9.17) is 5.73 Å². The van der Waals surface area contributed by atoms with Crippen LogP contribution in [-0.4, -0.2) is 32.2 Å². The molecule has 0 saturated heterocycles. The Balaban J connectivity index is 0. The topological polar surface area (TPSA) is 78.6 Å². The van der Waals surface area contributed by atoms with Gasteiger partial charge in [-0.15, -0.1) is 17.0 Å². The second-order valence-corrected chi connectivity index (χ2v) is 2.36. The molecular weight excluding hydrogens is 242 g/mol. The molecule has 5 nitrogen and oxygen atoms in total. The second-order valence-electron chi connectivity index (χ2n) is 2.36. The van der Waals surface area contributed by atoms with Crippen molar-refractivity contribution in [1.29, 1.82) is 0 Å². The zero-order valence-electron chi connectivity index (χ0n) is 7.77. The molecule has 13 heavy (non-hydrogen) atoms. The zero-order chi connectivity index (χ0) is 9.72. The number of ether oxygens (including phenoxy) is 2. The molecule has 0 unspecified atom stereocenters. The van der Waals surface area contributed by atoms with Crippen LogP contribution in [0, 0.1) is 5.92 Å². The molecule has 0 aromatic rings. The summed E-state index contributed by atoms with van der Waals surface area (Å²) in [4.78, 5) is 21.7. The summed E-state index contributed by atoms with van der Waals surface area (Å²) in [5, 5.41) is 0. The third-order valence-electron chi connectivity index (χ3n) is 1.58. The number of rotatable bonds is 3. The molecule has 0 fully saturated rings. The molecule has 0 aromatic heterocycles. The Kier molecular flexibility index (Phi) is 7.84. The van der Waals surface area contributed by atoms with E-state index in [2.05, 4.69) is 9.47 Å². The second kappa shape index (κ2) is 6.85. The molecule has 0 aliphatic heterocycles. The summed E-state index contributed by atoms with van der Waals surface area (Å²) >= 11 is 0. The fourth-order valence-corrected chi connectivity index (χ4v) is 0.673. The molecule has 2 atom stereocenters. The number of hydrogen-bond donors (Lipinski definition) is 1. The van der Waals surface area contributed by atoms with Gasteiger partial charge in [-0.1, -0.05) is 0 Å². The van der Waals surface area contributed by atoms with Crippen molar-refractivity contribution in [3.05, 3.63) is 0 Å². The average molecular weight is 256 g/mol. The van der Waals surface area contributed by atoms with E-state index < -0.39 is 23.9 Å². The maximum absolute atomic E-state index is 10.9. The van der Waals surface area contributed by atoms with Crippen LogP contribution in [0.4, 0.5) is 0 Å². The minimum absolute atomic E-state index is 0. The highest BCUT2D eigenvalue weighted by molar-refractivity contribution is 8.93. The van der Waals surface area contributed by atoms with Crippen LogP contribution >= 0.6 is 17.0 Å². The quantitative estimate of drug-likeness (QED) is 0.712. The standard InChI is InChI=1S/C7H13NO4.BrH/c1-4(6(9)11-2)5(8)7(10)12-3;/h4-5H,8H2,1-3H3;1H/t4-,5-;/m0./s1. The molecule has 0 bridgehead atoms. The van der Waals surface area contributed by atoms with Gasteiger partial charge in [-0.3, -0.25) is 9.59 Å². The van der Waals surface area contributed by atoms with Crippen LogP contribution in [0.5, 0.6) is 0 Å². The lowest BCUT2D eigenvalue weighted by Gasteiger charge is -2.14. The fraction of sp³-hybridized carbons (Fsp3) is 0.714. The molecule has 0 saturated carbocycles. The van der Waals surface area contributed by atoms with Crippen molar-refractivity contribution >= 4 is 28.9 Å². The molecule has 0 rings (SSSR count). The number of nitrogens with two attached hydrogens (primary N) is 1. The molecule has 0 aromatic carbocycles. The highest BCUT2D eigenvalue weighted by Crippen LogP contribution is 2.03. The normalized spacial score (nSPS) is 13.5. The third kappa shape index (κ3) is 4.23. The van der Waals surface area contributed by atoms with Crippen molar-refractivity contribution in [1.82, 2.24) is 0 Å². The lowest BCUT2D eigenvalue weighted by molar-refractivity contribution is -0.152. The van der Waals surface area contributed by atoms with Crippen LogP contribution in [0.2, 0.25) is 0 Å². The van der Waals surface area contributed by atoms with Crippen LogP contribution in [0.15, 0.2) is 0 Å². The molecule has 78 valence electrons. The van der Waals surface area contributed by atoms with Crippen molar-refractivity contribution in [2.24, 2.45) is 11.7 Å². The van der Waals surface area contributed by atoms with Gasteiger partial charge in [0.1, 0.15) is 6.04 Å². The van der Waals surface area contributed by atoms with Gasteiger partial charge in [-0.05, 0) is 6.92 Å². The van der Waals surface area contributed by atoms with Gasteiger partial charge in [0, 0.05) is 0 Å². The van der Waals surface area contributed by atoms with E-state index >= 15 is 0 Å². The highest BCUT2D eigenvalue weighted by Gasteiger charge is 2.27. The van der Waals surface area contributed by atoms with E-state index in [1.54, 1.807) is 0 Å². The van der Waals surface area contributed by atoms with E-state index in [9.17, 15) is 9.59 Å². The average Bonchev–Trinajstić information content (AvgIpc) is 2.12. The maximum atomic E-state index is 10.9. The summed E-state index contributed by atoms with van der Waals surface area (Å²) in [6.45, 7) is 1.51. The van der Waals surface area contributed by atoms with Gasteiger partial charge in [0.05, 0.1) is 20.1 Å². The largest absolute Gasteiger partial charge is 0.469 e. The Labute approximate surface area is 87.3 Å². The molecule has 0 radical (unpaired) electrons. The Bertz CT molecular complexity index is 165. The van der Waals surface area contributed by atoms with Crippen LogP contribution in [0.3, 0.4) is 0 Å². The summed E-state index contributed by atoms with van der Waals surface area (Å²) < 4.78 is 8.76. The predicted molar refractivity (Wildman–Crippen MR) is 51.5 cm³/mol. The molecule has 2 N–H and O–H groups in total. The number of hydrogen-bond acceptors (Lipinski definition) is 5. The van der Waals surface area contributed by atoms with Gasteiger partial charge in [0.2, 0.25) is 0 Å². The molecule has 0 aliphatic carbocycles. The van der Waals surface area contributed by atoms with Crippen LogP contribution < -0.4 is 5.73 Å². The molecule has 0 aliphatic rings. The fourth-order valence-electron chi connectivity index (χ4n) is 0.673. The Morgan fingerprint density at radius 2 is 1.54 bits per heavy atom. The first-order valence-corrected chi connectivity index (χ1v) is 3.45. The molecule has 0 heterocycles. The maximum Gasteiger partial charge on any atom is 0.323 e. The number of halogens is 1. The summed E-state index contributed by atoms with van der Waals surface area (Å²) in [7, 11) is 2.45. The third-order valence-corrected chi connectivity index (χ3v) is 1.58. The first-order chi connectivity index (χ1) is 5.54. The first-order valence-electron chi connectivity index (χ1n) is 3.45. The van der Waals surface area contributed by atoms with Gasteiger partial charge in [-0.2, -0.15) is 0 Å². The van der Waals surface area contributed by atoms with Gasteiger partial charge in [-0.25, -0.2) is 0 Å². The summed E-state index contributed by atoms with van der Waals surface area (Å²) in [6, 6.07) is -0.956. The van der Waals surface area contributed by atoms with E-state index in [-0.39, 0.29) is 17.0 Å². The van der Waals surface area contributed by atoms with Gasteiger partial charge >= 0.3 is 11.9 Å². The monoisotopic (exact) mass is 255 g/mol. The van der Waals surface area contributed by atoms with E-state index in [0.29, 0.717) is 0 Å². The van der Waals surface area contributed by atoms with E-state index in [1.807, 2.05) is 0 Å². The van der Waals surface area contributed by atoms with Crippen LogP contribution in [0.25, 0.3) is 0 Å². The van der Waals surface area contributed by atoms with Crippen molar-refractivity contribution in [2.45, 2.75) is 13.0 Å². The molecule has 0 spiro atoms. The number of methoxy groups -OCH3 is 2. The Morgan fingerprint density at radius 1 is 1.15 bits per heavy atom. The summed E-state index contributed by atoms with van der Waals surface area (Å²) in [6.07, 6.45) is 0. The molecule has 0 amide bonds. The Morgan fingerprint density at radius 3 is 1.85 bits per heavy atom. The van der Waals surface area contributed by atoms with Crippen LogP contribution in [0.1, 0.15) is 6.92 Å². The van der Waals surface area contributed by atoms with Gasteiger partial charge < -0.3 is 15.2 Å². The predicted octanol–water partition coefficient (Wildman–Crippen LogP) is -0.126. The van der Waals surface area contributed by atoms with Crippen LogP contribution in [-0.2, 0) is 19.1 Å². The SMILES string of the molecule is Br.COC(=O)[C@@H](C)[C@H](N)C(=O)OC. The number of carbonyl (C=O) groups excluding carboxylic acids is 2. The summed E-state index contributed by atoms with van der Waals surface area (Å²) in [5.74, 6) is -1.82. The van der Waals surface area contributed by atoms with Crippen molar-refractivity contribution in [3.8, 4) is 0 Å². The van der Waals surface area contributed by atoms with E-state index in [0.717, 1.165) is 0 Å². The highest BCUT2D eigenvalue weighted by atomic mass is 79.9. The number of esters is 2. The summed E-state index contributed by atoms with van der Waals surface area (Å²) in [5.41, 5.74) is 5.37. The first kappa shape index (κ1) is 14.9. The Hall–Kier alpha value is -0.620. The van der Waals surface area contributed by atoms with Gasteiger partial charge in [0.25, 0.3) is 0 Å². The lowest BCUT2D eigenvalue weighted by atomic mass is 10.0. The minimum Gasteiger partial charge on any atom is -0.469 e. The van der Waals surface area contributed by atoms with E-state index in [1.165, 1.54) is 21.1 Å². The van der Waals surface area contributed by atoms with Crippen molar-refractivity contribution in [3.63, 3.8) is 0 Å². The minimum atomic E-state index is -0.956. The molecular formula is C7H14BrNO4. The smallest absolute Gasteiger partial charge is 0.323 e. The van der Waals surface area contributed by atoms with Crippen molar-refractivity contribution < 1.29 is 19.1 Å². The lowest BCUT2D eigenvalue weighted by Crippen LogP contribution is -2.41. The zero-order valence-corrected chi connectivity index (χ0v) is 9.49.